The lowest BCUT2D eigenvalue weighted by atomic mass is 10.2. The van der Waals surface area contributed by atoms with E-state index in [2.05, 4.69) is 18.4 Å². The van der Waals surface area contributed by atoms with Crippen molar-refractivity contribution in [2.24, 2.45) is 0 Å². The van der Waals surface area contributed by atoms with Crippen molar-refractivity contribution in [3.8, 4) is 17.1 Å². The van der Waals surface area contributed by atoms with Crippen LogP contribution in [0.25, 0.3) is 11.4 Å². The molecule has 0 amide bonds. The highest BCUT2D eigenvalue weighted by Crippen LogP contribution is 2.24. The molecule has 3 heterocycles. The normalized spacial score (nSPS) is 27.3. The second-order valence-electron chi connectivity index (χ2n) is 8.15. The van der Waals surface area contributed by atoms with Gasteiger partial charge in [0, 0.05) is 12.2 Å². The zero-order chi connectivity index (χ0) is 20.4. The molecule has 158 valence electrons. The molecule has 1 N–H and O–H groups in total. The zero-order valence-corrected chi connectivity index (χ0v) is 18.3. The van der Waals surface area contributed by atoms with Gasteiger partial charge in [0.1, 0.15) is 31.0 Å². The molecule has 2 saturated heterocycles. The fraction of sp³-hybridized carbons (Fsp3) is 0.619. The fourth-order valence-corrected chi connectivity index (χ4v) is 4.65. The van der Waals surface area contributed by atoms with E-state index in [0.717, 1.165) is 67.7 Å². The van der Waals surface area contributed by atoms with Gasteiger partial charge in [-0.1, -0.05) is 0 Å². The molecular formula is C21H31N4O3S+. The van der Waals surface area contributed by atoms with Crippen molar-refractivity contribution in [1.29, 1.82) is 0 Å². The van der Waals surface area contributed by atoms with Crippen LogP contribution in [0, 0.1) is 4.77 Å². The second-order valence-corrected chi connectivity index (χ2v) is 8.52. The van der Waals surface area contributed by atoms with E-state index in [1.807, 2.05) is 28.9 Å². The smallest absolute Gasteiger partial charge is 0.203 e. The van der Waals surface area contributed by atoms with Crippen LogP contribution in [0.1, 0.15) is 26.7 Å². The van der Waals surface area contributed by atoms with Crippen LogP contribution in [-0.2, 0) is 22.7 Å². The third-order valence-electron chi connectivity index (χ3n) is 5.67. The van der Waals surface area contributed by atoms with E-state index in [-0.39, 0.29) is 18.3 Å². The third kappa shape index (κ3) is 4.71. The first-order valence-corrected chi connectivity index (χ1v) is 10.9. The highest BCUT2D eigenvalue weighted by Gasteiger charge is 2.27. The first-order chi connectivity index (χ1) is 14.0. The Labute approximate surface area is 177 Å². The van der Waals surface area contributed by atoms with E-state index in [0.29, 0.717) is 0 Å². The highest BCUT2D eigenvalue weighted by molar-refractivity contribution is 7.71. The molecule has 7 nitrogen and oxygen atoms in total. The largest absolute Gasteiger partial charge is 0.497 e. The van der Waals surface area contributed by atoms with Gasteiger partial charge >= 0.3 is 0 Å². The Balaban J connectivity index is 1.64. The van der Waals surface area contributed by atoms with Crippen LogP contribution in [0.15, 0.2) is 24.3 Å². The second kappa shape index (κ2) is 8.95. The van der Waals surface area contributed by atoms with Gasteiger partial charge in [0.05, 0.1) is 19.8 Å². The minimum Gasteiger partial charge on any atom is -0.497 e. The summed E-state index contributed by atoms with van der Waals surface area (Å²) in [6.45, 7) is 8.51. The average Bonchev–Trinajstić information content (AvgIpc) is 3.31. The molecule has 0 spiro atoms. The van der Waals surface area contributed by atoms with Crippen LogP contribution >= 0.6 is 12.2 Å². The van der Waals surface area contributed by atoms with Crippen LogP contribution in [0.4, 0.5) is 0 Å². The number of ether oxygens (including phenoxy) is 3. The summed E-state index contributed by atoms with van der Waals surface area (Å²) in [7, 11) is 1.68. The van der Waals surface area contributed by atoms with Crippen LogP contribution in [-0.4, -0.2) is 59.5 Å². The number of rotatable bonds is 6. The average molecular weight is 420 g/mol. The van der Waals surface area contributed by atoms with Gasteiger partial charge in [0.25, 0.3) is 0 Å². The topological polar surface area (TPSA) is 54.9 Å². The SMILES string of the molecule is COc1ccc(-c2nn(C[NH+]3C[C@@H](C)O[C@H](C)C3)c(=S)n2C[C@@H]2CCCO2)cc1. The summed E-state index contributed by atoms with van der Waals surface area (Å²) in [6, 6.07) is 8.00. The maximum atomic E-state index is 5.88. The quantitative estimate of drug-likeness (QED) is 0.725. The molecule has 0 saturated carbocycles. The number of nitrogens with zero attached hydrogens (tertiary/aromatic N) is 3. The standard InChI is InChI=1S/C21H30N4O3S/c1-15-11-23(12-16(2)28-15)14-25-21(29)24(13-19-5-4-10-27-19)20(22-25)17-6-8-18(26-3)9-7-17/h6-9,15-16,19H,4-5,10-14H2,1-3H3/p+1/t15-,16-,19+/m1/s1. The summed E-state index contributed by atoms with van der Waals surface area (Å²) in [6.07, 6.45) is 2.87. The van der Waals surface area contributed by atoms with E-state index in [9.17, 15) is 0 Å². The van der Waals surface area contributed by atoms with Gasteiger partial charge in [-0.3, -0.25) is 4.57 Å². The van der Waals surface area contributed by atoms with E-state index >= 15 is 0 Å². The minimum absolute atomic E-state index is 0.201. The first kappa shape index (κ1) is 20.5. The Morgan fingerprint density at radius 1 is 1.21 bits per heavy atom. The maximum Gasteiger partial charge on any atom is 0.203 e. The van der Waals surface area contributed by atoms with Gasteiger partial charge in [-0.05, 0) is 63.2 Å². The first-order valence-electron chi connectivity index (χ1n) is 10.5. The van der Waals surface area contributed by atoms with E-state index in [4.69, 9.17) is 31.5 Å². The summed E-state index contributed by atoms with van der Waals surface area (Å²) in [5.74, 6) is 1.72. The third-order valence-corrected chi connectivity index (χ3v) is 6.10. The Hall–Kier alpha value is -1.74. The van der Waals surface area contributed by atoms with Crippen molar-refractivity contribution >= 4 is 12.2 Å². The van der Waals surface area contributed by atoms with Crippen LogP contribution < -0.4 is 9.64 Å². The minimum atomic E-state index is 0.201. The van der Waals surface area contributed by atoms with Crippen LogP contribution in [0.3, 0.4) is 0 Å². The van der Waals surface area contributed by atoms with Gasteiger partial charge in [0.2, 0.25) is 4.77 Å². The van der Waals surface area contributed by atoms with Crippen molar-refractivity contribution in [3.63, 3.8) is 0 Å². The Kier molecular flexibility index (Phi) is 6.34. The van der Waals surface area contributed by atoms with Crippen molar-refractivity contribution in [2.75, 3.05) is 26.8 Å². The number of benzene rings is 1. The molecule has 0 unspecified atom stereocenters. The molecule has 4 rings (SSSR count). The molecule has 0 aliphatic carbocycles. The Morgan fingerprint density at radius 2 is 1.93 bits per heavy atom. The van der Waals surface area contributed by atoms with Gasteiger partial charge in [-0.25, -0.2) is 0 Å². The predicted molar refractivity (Wildman–Crippen MR) is 113 cm³/mol. The lowest BCUT2D eigenvalue weighted by molar-refractivity contribution is -0.937. The molecule has 2 aromatic rings. The van der Waals surface area contributed by atoms with Gasteiger partial charge in [-0.2, -0.15) is 4.68 Å². The molecule has 8 heteroatoms. The molecule has 29 heavy (non-hydrogen) atoms. The predicted octanol–water partition coefficient (Wildman–Crippen LogP) is 1.92. The number of hydrogen-bond donors (Lipinski definition) is 1. The molecule has 3 atom stereocenters. The molecule has 0 radical (unpaired) electrons. The number of morpholine rings is 1. The summed E-state index contributed by atoms with van der Waals surface area (Å²) >= 11 is 5.86. The summed E-state index contributed by atoms with van der Waals surface area (Å²) in [4.78, 5) is 1.44. The summed E-state index contributed by atoms with van der Waals surface area (Å²) in [5, 5.41) is 4.94. The number of nitrogens with one attached hydrogen (secondary N) is 1. The van der Waals surface area contributed by atoms with Gasteiger partial charge in [-0.15, -0.1) is 5.10 Å². The maximum absolute atomic E-state index is 5.88. The molecule has 0 bridgehead atoms. The molecule has 2 aliphatic rings. The molecule has 1 aromatic carbocycles. The number of quaternary nitrogens is 1. The molecule has 2 fully saturated rings. The van der Waals surface area contributed by atoms with Gasteiger partial charge in [0.15, 0.2) is 12.5 Å². The Morgan fingerprint density at radius 3 is 2.55 bits per heavy atom. The van der Waals surface area contributed by atoms with E-state index < -0.39 is 0 Å². The van der Waals surface area contributed by atoms with Crippen molar-refractivity contribution in [1.82, 2.24) is 14.3 Å². The lowest BCUT2D eigenvalue weighted by Gasteiger charge is -2.32. The molecular weight excluding hydrogens is 388 g/mol. The zero-order valence-electron chi connectivity index (χ0n) is 17.5. The van der Waals surface area contributed by atoms with Gasteiger partial charge < -0.3 is 19.1 Å². The fourth-order valence-electron chi connectivity index (χ4n) is 4.38. The monoisotopic (exact) mass is 419 g/mol. The van der Waals surface area contributed by atoms with Crippen molar-refractivity contribution < 1.29 is 19.1 Å². The van der Waals surface area contributed by atoms with Crippen LogP contribution in [0.2, 0.25) is 0 Å². The summed E-state index contributed by atoms with van der Waals surface area (Å²) in [5.41, 5.74) is 1.03. The molecule has 2 aliphatic heterocycles. The Bertz CT molecular complexity index is 863. The highest BCUT2D eigenvalue weighted by atomic mass is 32.1. The number of methoxy groups -OCH3 is 1. The molecule has 1 aromatic heterocycles. The lowest BCUT2D eigenvalue weighted by Crippen LogP contribution is -3.14. The van der Waals surface area contributed by atoms with E-state index in [1.54, 1.807) is 7.11 Å². The van der Waals surface area contributed by atoms with Crippen molar-refractivity contribution in [2.45, 2.75) is 58.2 Å². The van der Waals surface area contributed by atoms with E-state index in [1.165, 1.54) is 4.90 Å². The number of hydrogen-bond acceptors (Lipinski definition) is 5. The number of aromatic nitrogens is 3. The van der Waals surface area contributed by atoms with Crippen LogP contribution in [0.5, 0.6) is 5.75 Å². The van der Waals surface area contributed by atoms with Crippen molar-refractivity contribution in [3.05, 3.63) is 29.0 Å². The summed E-state index contributed by atoms with van der Waals surface area (Å²) < 4.78 is 21.9.